The molecule has 0 radical (unpaired) electrons. The zero-order valence-corrected chi connectivity index (χ0v) is 12.0. The van der Waals surface area contributed by atoms with Crippen molar-refractivity contribution < 1.29 is 0 Å². The van der Waals surface area contributed by atoms with E-state index in [4.69, 9.17) is 18.0 Å². The van der Waals surface area contributed by atoms with Gasteiger partial charge >= 0.3 is 0 Å². The number of hydrogen-bond donors (Lipinski definition) is 1. The fraction of sp³-hybridized carbons (Fsp3) is 0.385. The molecule has 94 valence electrons. The normalized spacial score (nSPS) is 14.9. The molecule has 2 N–H and O–H groups in total. The third kappa shape index (κ3) is 5.45. The highest BCUT2D eigenvalue weighted by molar-refractivity contribution is 7.79. The predicted octanol–water partition coefficient (Wildman–Crippen LogP) is 2.31. The molecule has 3 nitrogen and oxygen atoms in total. The standard InChI is InChI=1S/C13H21N3S/c1-10(11(2)14)13(15-3)12(7-6-8-17)9-16(4)5/h6-9H,14H2,1-5H3/b7-6-,11-10+,12-9+,15-13?. The lowest BCUT2D eigenvalue weighted by Gasteiger charge is -2.13. The molecule has 0 aliphatic rings. The number of hydrogen-bond acceptors (Lipinski definition) is 4. The highest BCUT2D eigenvalue weighted by Gasteiger charge is 2.08. The van der Waals surface area contributed by atoms with Gasteiger partial charge in [0, 0.05) is 44.0 Å². The van der Waals surface area contributed by atoms with Crippen LogP contribution in [0.25, 0.3) is 0 Å². The second-order valence-electron chi connectivity index (χ2n) is 3.92. The summed E-state index contributed by atoms with van der Waals surface area (Å²) in [5, 5.41) is 1.57. The van der Waals surface area contributed by atoms with E-state index in [-0.39, 0.29) is 0 Å². The fourth-order valence-corrected chi connectivity index (χ4v) is 1.38. The summed E-state index contributed by atoms with van der Waals surface area (Å²) in [5.74, 6) is 0. The van der Waals surface area contributed by atoms with E-state index < -0.39 is 0 Å². The van der Waals surface area contributed by atoms with Gasteiger partial charge in [0.15, 0.2) is 0 Å². The van der Waals surface area contributed by atoms with Gasteiger partial charge in [-0.3, -0.25) is 4.99 Å². The lowest BCUT2D eigenvalue weighted by atomic mass is 10.0. The molecule has 0 aliphatic heterocycles. The zero-order valence-electron chi connectivity index (χ0n) is 11.2. The van der Waals surface area contributed by atoms with Crippen LogP contribution in [0, 0.1) is 0 Å². The smallest absolute Gasteiger partial charge is 0.0703 e. The van der Waals surface area contributed by atoms with Crippen molar-refractivity contribution in [3.63, 3.8) is 0 Å². The van der Waals surface area contributed by atoms with E-state index in [1.165, 1.54) is 0 Å². The fourth-order valence-electron chi connectivity index (χ4n) is 1.30. The summed E-state index contributed by atoms with van der Waals surface area (Å²) in [7, 11) is 5.69. The van der Waals surface area contributed by atoms with Crippen molar-refractivity contribution in [1.82, 2.24) is 4.90 Å². The highest BCUT2D eigenvalue weighted by atomic mass is 32.1. The molecule has 0 bridgehead atoms. The average molecular weight is 251 g/mol. The maximum Gasteiger partial charge on any atom is 0.0703 e. The minimum Gasteiger partial charge on any atom is -0.402 e. The summed E-state index contributed by atoms with van der Waals surface area (Å²) in [5.41, 5.74) is 9.43. The Kier molecular flexibility index (Phi) is 7.14. The first-order valence-corrected chi connectivity index (χ1v) is 5.81. The van der Waals surface area contributed by atoms with Gasteiger partial charge in [0.25, 0.3) is 0 Å². The molecule has 0 saturated carbocycles. The molecule has 0 heterocycles. The van der Waals surface area contributed by atoms with Crippen LogP contribution < -0.4 is 5.73 Å². The molecule has 0 aromatic heterocycles. The SMILES string of the molecule is CN=C(C(/C=C\C=S)=C/N(C)C)/C(C)=C(\C)N. The van der Waals surface area contributed by atoms with E-state index in [0.717, 1.165) is 22.6 Å². The van der Waals surface area contributed by atoms with Crippen LogP contribution in [-0.4, -0.2) is 37.1 Å². The zero-order chi connectivity index (χ0) is 13.4. The monoisotopic (exact) mass is 251 g/mol. The molecule has 0 rings (SSSR count). The molecule has 17 heavy (non-hydrogen) atoms. The van der Waals surface area contributed by atoms with Crippen LogP contribution in [-0.2, 0) is 0 Å². The first kappa shape index (κ1) is 15.6. The van der Waals surface area contributed by atoms with Crippen LogP contribution in [0.4, 0.5) is 0 Å². The lowest BCUT2D eigenvalue weighted by Crippen LogP contribution is -2.12. The van der Waals surface area contributed by atoms with Crippen LogP contribution >= 0.6 is 12.2 Å². The van der Waals surface area contributed by atoms with Crippen molar-refractivity contribution in [3.05, 3.63) is 35.2 Å². The summed E-state index contributed by atoms with van der Waals surface area (Å²) in [4.78, 5) is 6.27. The molecular weight excluding hydrogens is 230 g/mol. The molecule has 0 spiro atoms. The number of aliphatic imine (C=N–C) groups is 1. The maximum atomic E-state index is 5.82. The number of allylic oxidation sites excluding steroid dienone is 5. The Morgan fingerprint density at radius 1 is 1.29 bits per heavy atom. The number of rotatable bonds is 5. The van der Waals surface area contributed by atoms with E-state index in [1.807, 2.05) is 51.2 Å². The second kappa shape index (κ2) is 7.79. The Hall–Kier alpha value is -1.42. The Bertz CT molecular complexity index is 383. The van der Waals surface area contributed by atoms with Gasteiger partial charge in [-0.1, -0.05) is 24.4 Å². The van der Waals surface area contributed by atoms with Gasteiger partial charge in [0.05, 0.1) is 5.71 Å². The van der Waals surface area contributed by atoms with Crippen molar-refractivity contribution in [3.8, 4) is 0 Å². The number of nitrogens with two attached hydrogens (primary N) is 1. The van der Waals surface area contributed by atoms with Crippen LogP contribution in [0.5, 0.6) is 0 Å². The molecular formula is C13H21N3S. The Labute approximate surface area is 109 Å². The van der Waals surface area contributed by atoms with Gasteiger partial charge in [-0.25, -0.2) is 0 Å². The highest BCUT2D eigenvalue weighted by Crippen LogP contribution is 2.12. The van der Waals surface area contributed by atoms with Crippen LogP contribution in [0.1, 0.15) is 13.8 Å². The molecule has 4 heteroatoms. The third-order valence-corrected chi connectivity index (χ3v) is 2.35. The van der Waals surface area contributed by atoms with E-state index in [9.17, 15) is 0 Å². The van der Waals surface area contributed by atoms with Crippen molar-refractivity contribution in [2.24, 2.45) is 10.7 Å². The van der Waals surface area contributed by atoms with Gasteiger partial charge < -0.3 is 10.6 Å². The van der Waals surface area contributed by atoms with Gasteiger partial charge in [0.2, 0.25) is 0 Å². The van der Waals surface area contributed by atoms with Crippen LogP contribution in [0.2, 0.25) is 0 Å². The molecule has 0 atom stereocenters. The Balaban J connectivity index is 5.52. The van der Waals surface area contributed by atoms with Gasteiger partial charge in [0.1, 0.15) is 0 Å². The first-order valence-electron chi connectivity index (χ1n) is 5.34. The molecule has 0 saturated heterocycles. The molecule has 0 unspecified atom stereocenters. The lowest BCUT2D eigenvalue weighted by molar-refractivity contribution is 0.562. The van der Waals surface area contributed by atoms with Gasteiger partial charge in [-0.2, -0.15) is 0 Å². The van der Waals surface area contributed by atoms with E-state index in [2.05, 4.69) is 4.99 Å². The summed E-state index contributed by atoms with van der Waals surface area (Å²) < 4.78 is 0. The summed E-state index contributed by atoms with van der Waals surface area (Å²) >= 11 is 4.79. The Morgan fingerprint density at radius 3 is 2.24 bits per heavy atom. The minimum absolute atomic E-state index is 0.769. The van der Waals surface area contributed by atoms with E-state index >= 15 is 0 Å². The molecule has 0 fully saturated rings. The van der Waals surface area contributed by atoms with Crippen molar-refractivity contribution >= 4 is 23.3 Å². The van der Waals surface area contributed by atoms with Crippen molar-refractivity contribution in [2.75, 3.05) is 21.1 Å². The molecule has 0 aromatic rings. The molecule has 0 aromatic carbocycles. The molecule has 0 aliphatic carbocycles. The first-order chi connectivity index (χ1) is 7.93. The average Bonchev–Trinajstić information content (AvgIpc) is 2.25. The summed E-state index contributed by atoms with van der Waals surface area (Å²) in [6.07, 6.45) is 5.74. The third-order valence-electron chi connectivity index (χ3n) is 2.20. The quantitative estimate of drug-likeness (QED) is 0.353. The predicted molar refractivity (Wildman–Crippen MR) is 80.5 cm³/mol. The summed E-state index contributed by atoms with van der Waals surface area (Å²) in [6.45, 7) is 3.84. The van der Waals surface area contributed by atoms with Gasteiger partial charge in [-0.15, -0.1) is 0 Å². The maximum absolute atomic E-state index is 5.82. The van der Waals surface area contributed by atoms with E-state index in [1.54, 1.807) is 12.4 Å². The van der Waals surface area contributed by atoms with Crippen LogP contribution in [0.3, 0.4) is 0 Å². The Morgan fingerprint density at radius 2 is 1.88 bits per heavy atom. The van der Waals surface area contributed by atoms with Crippen molar-refractivity contribution in [2.45, 2.75) is 13.8 Å². The molecule has 0 amide bonds. The summed E-state index contributed by atoms with van der Waals surface area (Å²) in [6, 6.07) is 0. The largest absolute Gasteiger partial charge is 0.402 e. The number of nitrogens with zero attached hydrogens (tertiary/aromatic N) is 2. The number of thiocarbonyl (C=S) groups is 1. The van der Waals surface area contributed by atoms with E-state index in [0.29, 0.717) is 0 Å². The second-order valence-corrected chi connectivity index (χ2v) is 4.20. The van der Waals surface area contributed by atoms with Crippen molar-refractivity contribution in [1.29, 1.82) is 0 Å². The van der Waals surface area contributed by atoms with Crippen LogP contribution in [0.15, 0.2) is 40.2 Å². The topological polar surface area (TPSA) is 41.6 Å². The van der Waals surface area contributed by atoms with Gasteiger partial charge in [-0.05, 0) is 19.4 Å². The minimum atomic E-state index is 0.769.